The van der Waals surface area contributed by atoms with Crippen LogP contribution in [0.1, 0.15) is 37.3 Å². The molecule has 0 spiro atoms. The lowest BCUT2D eigenvalue weighted by Gasteiger charge is -2.28. The Bertz CT molecular complexity index is 664. The molecule has 3 rings (SSSR count). The maximum atomic E-state index is 12.3. The summed E-state index contributed by atoms with van der Waals surface area (Å²) >= 11 is 0. The van der Waals surface area contributed by atoms with Gasteiger partial charge < -0.3 is 10.6 Å². The van der Waals surface area contributed by atoms with E-state index in [4.69, 9.17) is 0 Å². The fourth-order valence-corrected chi connectivity index (χ4v) is 3.46. The highest BCUT2D eigenvalue weighted by Gasteiger charge is 2.21. The number of piperidine rings is 1. The third kappa shape index (κ3) is 5.13. The van der Waals surface area contributed by atoms with E-state index >= 15 is 0 Å². The highest BCUT2D eigenvalue weighted by molar-refractivity contribution is 5.76. The molecule has 2 atom stereocenters. The van der Waals surface area contributed by atoms with Gasteiger partial charge in [0.15, 0.2) is 0 Å². The molecule has 1 amide bonds. The molecule has 1 aliphatic heterocycles. The van der Waals surface area contributed by atoms with Crippen molar-refractivity contribution < 1.29 is 4.79 Å². The van der Waals surface area contributed by atoms with Crippen LogP contribution in [0.2, 0.25) is 0 Å². The lowest BCUT2D eigenvalue weighted by Crippen LogP contribution is -2.35. The summed E-state index contributed by atoms with van der Waals surface area (Å²) in [5.74, 6) is 1.16. The summed E-state index contributed by atoms with van der Waals surface area (Å²) in [4.78, 5) is 16.3. The summed E-state index contributed by atoms with van der Waals surface area (Å²) in [5.41, 5.74) is 2.27. The van der Waals surface area contributed by atoms with Crippen molar-refractivity contribution in [1.29, 1.82) is 0 Å². The van der Waals surface area contributed by atoms with Gasteiger partial charge in [-0.3, -0.25) is 4.79 Å². The van der Waals surface area contributed by atoms with Crippen molar-refractivity contribution in [2.45, 2.75) is 39.3 Å². The van der Waals surface area contributed by atoms with E-state index in [1.165, 1.54) is 19.2 Å². The van der Waals surface area contributed by atoms with Crippen molar-refractivity contribution in [3.05, 3.63) is 48.0 Å². The quantitative estimate of drug-likeness (QED) is 0.808. The summed E-state index contributed by atoms with van der Waals surface area (Å²) in [6, 6.07) is 8.14. The Balaban J connectivity index is 1.51. The van der Waals surface area contributed by atoms with Gasteiger partial charge in [0.1, 0.15) is 12.7 Å². The van der Waals surface area contributed by atoms with E-state index < -0.39 is 0 Å². The second-order valence-corrected chi connectivity index (χ2v) is 6.93. The number of nitrogens with zero attached hydrogens (tertiary/aromatic N) is 3. The molecule has 0 bridgehead atoms. The van der Waals surface area contributed by atoms with Crippen LogP contribution in [0.3, 0.4) is 0 Å². The van der Waals surface area contributed by atoms with Gasteiger partial charge in [0.25, 0.3) is 0 Å². The van der Waals surface area contributed by atoms with Gasteiger partial charge in [-0.2, -0.15) is 5.10 Å². The molecule has 25 heavy (non-hydrogen) atoms. The molecule has 2 unspecified atom stereocenters. The van der Waals surface area contributed by atoms with Crippen LogP contribution in [0.15, 0.2) is 36.9 Å². The Morgan fingerprint density at radius 2 is 2.24 bits per heavy atom. The Morgan fingerprint density at radius 3 is 2.96 bits per heavy atom. The third-order valence-corrected chi connectivity index (χ3v) is 5.04. The molecule has 134 valence electrons. The van der Waals surface area contributed by atoms with E-state index in [1.54, 1.807) is 11.0 Å². The number of aromatic nitrogens is 3. The first kappa shape index (κ1) is 17.6. The molecule has 0 radical (unpaired) electrons. The predicted molar refractivity (Wildman–Crippen MR) is 96.8 cm³/mol. The molecule has 1 aliphatic rings. The molecule has 1 fully saturated rings. The first-order valence-corrected chi connectivity index (χ1v) is 9.09. The van der Waals surface area contributed by atoms with Crippen LogP contribution in [0.25, 0.3) is 0 Å². The largest absolute Gasteiger partial charge is 0.352 e. The van der Waals surface area contributed by atoms with Gasteiger partial charge in [0, 0.05) is 13.0 Å². The normalized spacial score (nSPS) is 18.7. The maximum absolute atomic E-state index is 12.3. The Morgan fingerprint density at radius 1 is 1.40 bits per heavy atom. The number of amides is 1. The lowest BCUT2D eigenvalue weighted by atomic mass is 9.85. The van der Waals surface area contributed by atoms with Crippen molar-refractivity contribution in [2.75, 3.05) is 13.1 Å². The fraction of sp³-hybridized carbons (Fsp3) is 0.526. The molecule has 1 aromatic carbocycles. The van der Waals surface area contributed by atoms with Crippen LogP contribution < -0.4 is 10.6 Å². The molecule has 2 heterocycles. The van der Waals surface area contributed by atoms with Gasteiger partial charge >= 0.3 is 0 Å². The zero-order valence-corrected chi connectivity index (χ0v) is 14.8. The van der Waals surface area contributed by atoms with Gasteiger partial charge in [0.05, 0.1) is 6.54 Å². The standard InChI is InChI=1S/C19H27N5O/c1-15(16-7-4-8-20-10-16)9-19(25)22-11-17-5-2-3-6-18(17)12-24-14-21-13-23-24/h2-3,5-6,13-16,20H,4,7-12H2,1H3,(H,22,25). The highest BCUT2D eigenvalue weighted by atomic mass is 16.1. The molecule has 0 saturated carbocycles. The second-order valence-electron chi connectivity index (χ2n) is 6.93. The van der Waals surface area contributed by atoms with Crippen LogP contribution >= 0.6 is 0 Å². The SMILES string of the molecule is CC(CC(=O)NCc1ccccc1Cn1cncn1)C1CCCNC1. The first-order chi connectivity index (χ1) is 12.2. The molecule has 0 aliphatic carbocycles. The molecule has 1 aromatic heterocycles. The minimum Gasteiger partial charge on any atom is -0.352 e. The second kappa shape index (κ2) is 8.76. The molecule has 6 nitrogen and oxygen atoms in total. The Hall–Kier alpha value is -2.21. The molecule has 2 aromatic rings. The van der Waals surface area contributed by atoms with E-state index in [-0.39, 0.29) is 5.91 Å². The van der Waals surface area contributed by atoms with Crippen molar-refractivity contribution in [2.24, 2.45) is 11.8 Å². The monoisotopic (exact) mass is 341 g/mol. The zero-order chi connectivity index (χ0) is 17.5. The minimum atomic E-state index is 0.133. The van der Waals surface area contributed by atoms with Crippen molar-refractivity contribution in [3.63, 3.8) is 0 Å². The average Bonchev–Trinajstić information content (AvgIpc) is 3.15. The molecule has 2 N–H and O–H groups in total. The summed E-state index contributed by atoms with van der Waals surface area (Å²) in [6.45, 7) is 5.55. The average molecular weight is 341 g/mol. The van der Waals surface area contributed by atoms with Crippen LogP contribution in [-0.4, -0.2) is 33.8 Å². The highest BCUT2D eigenvalue weighted by Crippen LogP contribution is 2.22. The third-order valence-electron chi connectivity index (χ3n) is 5.04. The minimum absolute atomic E-state index is 0.133. The number of hydrogen-bond donors (Lipinski definition) is 2. The predicted octanol–water partition coefficient (Wildman–Crippen LogP) is 1.97. The van der Waals surface area contributed by atoms with Crippen molar-refractivity contribution in [3.8, 4) is 0 Å². The van der Waals surface area contributed by atoms with E-state index in [1.807, 2.05) is 12.1 Å². The summed E-state index contributed by atoms with van der Waals surface area (Å²) < 4.78 is 1.79. The zero-order valence-electron chi connectivity index (χ0n) is 14.8. The molecule has 6 heteroatoms. The summed E-state index contributed by atoms with van der Waals surface area (Å²) in [6.07, 6.45) is 6.27. The van der Waals surface area contributed by atoms with Gasteiger partial charge in [-0.1, -0.05) is 31.2 Å². The van der Waals surface area contributed by atoms with Crippen molar-refractivity contribution >= 4 is 5.91 Å². The van der Waals surface area contributed by atoms with Crippen LogP contribution in [-0.2, 0) is 17.9 Å². The van der Waals surface area contributed by atoms with Gasteiger partial charge in [-0.25, -0.2) is 9.67 Å². The maximum Gasteiger partial charge on any atom is 0.220 e. The fourth-order valence-electron chi connectivity index (χ4n) is 3.46. The van der Waals surface area contributed by atoms with Gasteiger partial charge in [-0.05, 0) is 48.9 Å². The van der Waals surface area contributed by atoms with Crippen LogP contribution in [0, 0.1) is 11.8 Å². The number of hydrogen-bond acceptors (Lipinski definition) is 4. The Kier molecular flexibility index (Phi) is 6.17. The number of carbonyl (C=O) groups excluding carboxylic acids is 1. The van der Waals surface area contributed by atoms with Crippen molar-refractivity contribution in [1.82, 2.24) is 25.4 Å². The van der Waals surface area contributed by atoms with E-state index in [0.717, 1.165) is 24.2 Å². The summed E-state index contributed by atoms with van der Waals surface area (Å²) in [7, 11) is 0. The van der Waals surface area contributed by atoms with E-state index in [0.29, 0.717) is 31.3 Å². The summed E-state index contributed by atoms with van der Waals surface area (Å²) in [5, 5.41) is 10.7. The van der Waals surface area contributed by atoms with E-state index in [9.17, 15) is 4.79 Å². The van der Waals surface area contributed by atoms with Gasteiger partial charge in [0.2, 0.25) is 5.91 Å². The molecule has 1 saturated heterocycles. The molecular weight excluding hydrogens is 314 g/mol. The number of rotatable bonds is 7. The van der Waals surface area contributed by atoms with Crippen LogP contribution in [0.4, 0.5) is 0 Å². The van der Waals surface area contributed by atoms with E-state index in [2.05, 4.69) is 39.8 Å². The van der Waals surface area contributed by atoms with Gasteiger partial charge in [-0.15, -0.1) is 0 Å². The number of benzene rings is 1. The number of carbonyl (C=O) groups is 1. The Labute approximate surface area is 149 Å². The smallest absolute Gasteiger partial charge is 0.220 e. The topological polar surface area (TPSA) is 71.8 Å². The molecular formula is C19H27N5O. The first-order valence-electron chi connectivity index (χ1n) is 9.09. The van der Waals surface area contributed by atoms with Crippen LogP contribution in [0.5, 0.6) is 0 Å². The lowest BCUT2D eigenvalue weighted by molar-refractivity contribution is -0.122. The number of nitrogens with one attached hydrogen (secondary N) is 2.